The van der Waals surface area contributed by atoms with E-state index in [4.69, 9.17) is 4.74 Å². The number of rotatable bonds is 4. The van der Waals surface area contributed by atoms with Gasteiger partial charge in [-0.05, 0) is 30.3 Å². The fraction of sp³-hybridized carbons (Fsp3) is 0.0769. The van der Waals surface area contributed by atoms with Crippen LogP contribution < -0.4 is 9.46 Å². The van der Waals surface area contributed by atoms with Gasteiger partial charge in [0, 0.05) is 6.07 Å². The minimum atomic E-state index is -4.21. The summed E-state index contributed by atoms with van der Waals surface area (Å²) >= 11 is 0. The van der Waals surface area contributed by atoms with Crippen molar-refractivity contribution in [2.45, 2.75) is 4.90 Å². The van der Waals surface area contributed by atoms with Gasteiger partial charge in [-0.2, -0.15) is 0 Å². The van der Waals surface area contributed by atoms with Crippen molar-refractivity contribution in [1.82, 2.24) is 0 Å². The third kappa shape index (κ3) is 3.27. The average molecular weight is 317 g/mol. The van der Waals surface area contributed by atoms with E-state index in [0.29, 0.717) is 6.07 Å². The Bertz CT molecular complexity index is 778. The molecular weight excluding hydrogens is 307 g/mol. The van der Waals surface area contributed by atoms with Crippen molar-refractivity contribution < 1.29 is 26.3 Å². The topological polar surface area (TPSA) is 55.4 Å². The smallest absolute Gasteiger partial charge is 0.265 e. The number of ether oxygens (including phenoxy) is 1. The lowest BCUT2D eigenvalue weighted by Gasteiger charge is -2.11. The monoisotopic (exact) mass is 317 g/mol. The lowest BCUT2D eigenvalue weighted by Crippen LogP contribution is -2.14. The van der Waals surface area contributed by atoms with Crippen LogP contribution in [0.25, 0.3) is 0 Å². The molecule has 0 atom stereocenters. The fourth-order valence-corrected chi connectivity index (χ4v) is 2.86. The van der Waals surface area contributed by atoms with Crippen LogP contribution in [0.1, 0.15) is 0 Å². The third-order valence-electron chi connectivity index (χ3n) is 2.59. The summed E-state index contributed by atoms with van der Waals surface area (Å²) in [4.78, 5) is -0.449. The fourth-order valence-electron chi connectivity index (χ4n) is 1.63. The van der Waals surface area contributed by atoms with Gasteiger partial charge in [-0.25, -0.2) is 21.6 Å². The van der Waals surface area contributed by atoms with E-state index < -0.39 is 32.4 Å². The van der Waals surface area contributed by atoms with Crippen LogP contribution in [0, 0.1) is 17.5 Å². The van der Waals surface area contributed by atoms with Crippen LogP contribution in [0.2, 0.25) is 0 Å². The Morgan fingerprint density at radius 2 is 1.71 bits per heavy atom. The van der Waals surface area contributed by atoms with Crippen LogP contribution in [-0.2, 0) is 10.0 Å². The number of benzene rings is 2. The molecule has 2 aromatic carbocycles. The Labute approximate surface area is 119 Å². The van der Waals surface area contributed by atoms with Gasteiger partial charge < -0.3 is 4.74 Å². The van der Waals surface area contributed by atoms with Gasteiger partial charge in [0.15, 0.2) is 11.6 Å². The van der Waals surface area contributed by atoms with Crippen molar-refractivity contribution >= 4 is 15.7 Å². The Morgan fingerprint density at radius 1 is 1.00 bits per heavy atom. The van der Waals surface area contributed by atoms with Crippen LogP contribution in [0.3, 0.4) is 0 Å². The molecule has 21 heavy (non-hydrogen) atoms. The van der Waals surface area contributed by atoms with Crippen molar-refractivity contribution in [2.24, 2.45) is 0 Å². The summed E-state index contributed by atoms with van der Waals surface area (Å²) in [5.74, 6) is -3.17. The number of sulfonamides is 1. The second-order valence-corrected chi connectivity index (χ2v) is 5.68. The van der Waals surface area contributed by atoms with Crippen LogP contribution in [-0.4, -0.2) is 15.5 Å². The van der Waals surface area contributed by atoms with Gasteiger partial charge in [0.1, 0.15) is 16.5 Å². The average Bonchev–Trinajstić information content (AvgIpc) is 2.42. The summed E-state index contributed by atoms with van der Waals surface area (Å²) in [5.41, 5.74) is -0.194. The first-order valence-electron chi connectivity index (χ1n) is 5.65. The highest BCUT2D eigenvalue weighted by Crippen LogP contribution is 2.26. The largest absolute Gasteiger partial charge is 0.495 e. The van der Waals surface area contributed by atoms with E-state index in [1.807, 2.05) is 4.72 Å². The maximum absolute atomic E-state index is 13.2. The quantitative estimate of drug-likeness (QED) is 0.943. The van der Waals surface area contributed by atoms with Gasteiger partial charge in [-0.15, -0.1) is 0 Å². The Hall–Kier alpha value is -2.22. The van der Waals surface area contributed by atoms with Crippen LogP contribution >= 0.6 is 0 Å². The molecule has 0 radical (unpaired) electrons. The number of halogens is 3. The molecule has 2 aromatic rings. The first-order valence-corrected chi connectivity index (χ1v) is 7.13. The molecule has 0 unspecified atom stereocenters. The second-order valence-electron chi connectivity index (χ2n) is 4.03. The van der Waals surface area contributed by atoms with Gasteiger partial charge in [-0.3, -0.25) is 4.72 Å². The first kappa shape index (κ1) is 15.2. The molecule has 0 aliphatic carbocycles. The molecule has 0 saturated heterocycles. The number of hydrogen-bond acceptors (Lipinski definition) is 3. The number of nitrogens with one attached hydrogen (secondary N) is 1. The SMILES string of the molecule is COc1ccc(F)cc1S(=O)(=O)Nc1ccc(F)c(F)c1. The summed E-state index contributed by atoms with van der Waals surface area (Å²) in [6.45, 7) is 0. The number of methoxy groups -OCH3 is 1. The molecule has 0 saturated carbocycles. The predicted molar refractivity (Wildman–Crippen MR) is 70.1 cm³/mol. The van der Waals surface area contributed by atoms with Crippen molar-refractivity contribution in [1.29, 1.82) is 0 Å². The molecule has 2 rings (SSSR count). The highest BCUT2D eigenvalue weighted by Gasteiger charge is 2.21. The molecule has 0 spiro atoms. The lowest BCUT2D eigenvalue weighted by atomic mass is 10.3. The lowest BCUT2D eigenvalue weighted by molar-refractivity contribution is 0.401. The number of hydrogen-bond donors (Lipinski definition) is 1. The van der Waals surface area contributed by atoms with E-state index in [1.54, 1.807) is 0 Å². The summed E-state index contributed by atoms with van der Waals surface area (Å²) in [6.07, 6.45) is 0. The molecule has 0 fully saturated rings. The zero-order valence-electron chi connectivity index (χ0n) is 10.7. The van der Waals surface area contributed by atoms with Gasteiger partial charge >= 0.3 is 0 Å². The molecule has 0 bridgehead atoms. The summed E-state index contributed by atoms with van der Waals surface area (Å²) in [5, 5.41) is 0. The molecule has 0 amide bonds. The Kier molecular flexibility index (Phi) is 4.08. The van der Waals surface area contributed by atoms with E-state index in [0.717, 1.165) is 30.3 Å². The molecule has 0 heterocycles. The molecule has 0 aliphatic rings. The Morgan fingerprint density at radius 3 is 2.33 bits per heavy atom. The molecule has 0 aromatic heterocycles. The standard InChI is InChI=1S/C13H10F3NO3S/c1-20-12-5-2-8(14)6-13(12)21(18,19)17-9-3-4-10(15)11(16)7-9/h2-7,17H,1H3. The molecule has 4 nitrogen and oxygen atoms in total. The maximum atomic E-state index is 13.2. The van der Waals surface area contributed by atoms with Crippen molar-refractivity contribution in [3.05, 3.63) is 53.8 Å². The minimum Gasteiger partial charge on any atom is -0.495 e. The van der Waals surface area contributed by atoms with Crippen molar-refractivity contribution in [3.8, 4) is 5.75 Å². The third-order valence-corrected chi connectivity index (χ3v) is 3.99. The maximum Gasteiger partial charge on any atom is 0.265 e. The van der Waals surface area contributed by atoms with Gasteiger partial charge in [0.25, 0.3) is 10.0 Å². The van der Waals surface area contributed by atoms with Crippen LogP contribution in [0.15, 0.2) is 41.3 Å². The van der Waals surface area contributed by atoms with E-state index in [2.05, 4.69) is 0 Å². The number of anilines is 1. The van der Waals surface area contributed by atoms with Crippen molar-refractivity contribution in [3.63, 3.8) is 0 Å². The molecule has 1 N–H and O–H groups in total. The van der Waals surface area contributed by atoms with Crippen LogP contribution in [0.5, 0.6) is 5.75 Å². The summed E-state index contributed by atoms with van der Waals surface area (Å²) in [7, 11) is -2.99. The molecular formula is C13H10F3NO3S. The van der Waals surface area contributed by atoms with E-state index in [-0.39, 0.29) is 11.4 Å². The molecule has 8 heteroatoms. The predicted octanol–water partition coefficient (Wildman–Crippen LogP) is 2.91. The van der Waals surface area contributed by atoms with E-state index in [9.17, 15) is 21.6 Å². The first-order chi connectivity index (χ1) is 9.83. The Balaban J connectivity index is 2.42. The minimum absolute atomic E-state index is 0.0773. The van der Waals surface area contributed by atoms with E-state index in [1.165, 1.54) is 7.11 Å². The highest BCUT2D eigenvalue weighted by molar-refractivity contribution is 7.92. The zero-order chi connectivity index (χ0) is 15.6. The van der Waals surface area contributed by atoms with Crippen LogP contribution in [0.4, 0.5) is 18.9 Å². The molecule has 112 valence electrons. The second kappa shape index (κ2) is 5.65. The molecule has 0 aliphatic heterocycles. The van der Waals surface area contributed by atoms with Gasteiger partial charge in [-0.1, -0.05) is 0 Å². The normalized spacial score (nSPS) is 11.2. The highest BCUT2D eigenvalue weighted by atomic mass is 32.2. The summed E-state index contributed by atoms with van der Waals surface area (Å²) < 4.78 is 70.3. The van der Waals surface area contributed by atoms with Crippen molar-refractivity contribution in [2.75, 3.05) is 11.8 Å². The van der Waals surface area contributed by atoms with Gasteiger partial charge in [0.05, 0.1) is 12.8 Å². The van der Waals surface area contributed by atoms with Gasteiger partial charge in [0.2, 0.25) is 0 Å². The zero-order valence-corrected chi connectivity index (χ0v) is 11.5. The summed E-state index contributed by atoms with van der Waals surface area (Å²) in [6, 6.07) is 5.45. The van der Waals surface area contributed by atoms with E-state index >= 15 is 0 Å².